The average molecular weight is 200 g/mol. The highest BCUT2D eigenvalue weighted by Gasteiger charge is 2.03. The molecule has 0 aliphatic heterocycles. The third kappa shape index (κ3) is 1.49. The lowest BCUT2D eigenvalue weighted by molar-refractivity contribution is 0.432. The molecule has 2 aromatic heterocycles. The molecule has 0 N–H and O–H groups in total. The maximum atomic E-state index is 12.1. The summed E-state index contributed by atoms with van der Waals surface area (Å²) in [4.78, 5) is 4.05. The van der Waals surface area contributed by atoms with Gasteiger partial charge in [0.25, 0.3) is 0 Å². The number of fused-ring (bicyclic) bond motifs is 1. The van der Waals surface area contributed by atoms with Crippen LogP contribution >= 0.6 is 11.6 Å². The van der Waals surface area contributed by atoms with E-state index in [4.69, 9.17) is 11.6 Å². The van der Waals surface area contributed by atoms with Gasteiger partial charge in [-0.3, -0.25) is 0 Å². The molecule has 2 heterocycles. The van der Waals surface area contributed by atoms with E-state index in [0.29, 0.717) is 10.8 Å². The van der Waals surface area contributed by atoms with Crippen molar-refractivity contribution in [3.63, 3.8) is 0 Å². The van der Waals surface area contributed by atoms with Crippen molar-refractivity contribution in [3.8, 4) is 0 Å². The molecule has 0 saturated heterocycles. The van der Waals surface area contributed by atoms with E-state index in [9.17, 15) is 4.39 Å². The van der Waals surface area contributed by atoms with Gasteiger partial charge < -0.3 is 0 Å². The Labute approximate surface area is 79.1 Å². The van der Waals surface area contributed by atoms with E-state index in [0.717, 1.165) is 5.39 Å². The summed E-state index contributed by atoms with van der Waals surface area (Å²) in [5, 5.41) is 5.25. The minimum atomic E-state index is -0.453. The number of pyridine rings is 1. The summed E-state index contributed by atoms with van der Waals surface area (Å²) < 4.78 is 13.6. The van der Waals surface area contributed by atoms with Gasteiger partial charge >= 0.3 is 0 Å². The zero-order valence-corrected chi connectivity index (χ0v) is 7.50. The first kappa shape index (κ1) is 8.44. The van der Waals surface area contributed by atoms with Crippen LogP contribution in [0.4, 0.5) is 4.39 Å². The summed E-state index contributed by atoms with van der Waals surface area (Å²) in [7, 11) is 0. The van der Waals surface area contributed by atoms with Gasteiger partial charge in [0.1, 0.15) is 11.8 Å². The second kappa shape index (κ2) is 3.30. The van der Waals surface area contributed by atoms with E-state index in [1.807, 2.05) is 6.07 Å². The van der Waals surface area contributed by atoms with Crippen molar-refractivity contribution in [2.45, 2.75) is 6.54 Å². The Bertz CT molecular complexity index is 426. The molecule has 0 aliphatic carbocycles. The fourth-order valence-corrected chi connectivity index (χ4v) is 1.32. The van der Waals surface area contributed by atoms with E-state index in [1.165, 1.54) is 4.68 Å². The molecule has 0 aliphatic rings. The molecule has 0 bridgehead atoms. The molecule has 0 atom stereocenters. The number of rotatable bonds is 2. The van der Waals surface area contributed by atoms with Crippen molar-refractivity contribution in [1.29, 1.82) is 0 Å². The lowest BCUT2D eigenvalue weighted by Crippen LogP contribution is -2.02. The van der Waals surface area contributed by atoms with Crippen molar-refractivity contribution < 1.29 is 4.39 Å². The molecule has 0 radical (unpaired) electrons. The van der Waals surface area contributed by atoms with E-state index in [1.54, 1.807) is 12.3 Å². The van der Waals surface area contributed by atoms with Crippen LogP contribution in [0, 0.1) is 0 Å². The van der Waals surface area contributed by atoms with Crippen LogP contribution in [0.1, 0.15) is 0 Å². The lowest BCUT2D eigenvalue weighted by Gasteiger charge is -1.97. The number of hydrogen-bond donors (Lipinski definition) is 0. The van der Waals surface area contributed by atoms with Gasteiger partial charge in [0.2, 0.25) is 0 Å². The van der Waals surface area contributed by atoms with E-state index in [2.05, 4.69) is 10.1 Å². The second-order valence-corrected chi connectivity index (χ2v) is 2.99. The van der Waals surface area contributed by atoms with Crippen molar-refractivity contribution in [2.75, 3.05) is 6.67 Å². The Balaban J connectivity index is 2.58. The molecular weight excluding hydrogens is 193 g/mol. The first-order chi connectivity index (χ1) is 6.31. The molecule has 0 amide bonds. The number of halogens is 2. The quantitative estimate of drug-likeness (QED) is 0.694. The van der Waals surface area contributed by atoms with Crippen LogP contribution in [0.5, 0.6) is 0 Å². The van der Waals surface area contributed by atoms with Crippen LogP contribution in [-0.4, -0.2) is 21.4 Å². The number of alkyl halides is 1. The topological polar surface area (TPSA) is 30.7 Å². The Morgan fingerprint density at radius 1 is 1.46 bits per heavy atom. The molecule has 5 heteroatoms. The third-order valence-electron chi connectivity index (χ3n) is 1.75. The van der Waals surface area contributed by atoms with Gasteiger partial charge in [-0.05, 0) is 12.1 Å². The minimum absolute atomic E-state index is 0.219. The number of hydrogen-bond acceptors (Lipinski definition) is 2. The summed E-state index contributed by atoms with van der Waals surface area (Å²) >= 11 is 5.70. The van der Waals surface area contributed by atoms with Crippen LogP contribution < -0.4 is 0 Å². The van der Waals surface area contributed by atoms with E-state index < -0.39 is 6.67 Å². The van der Waals surface area contributed by atoms with E-state index in [-0.39, 0.29) is 6.54 Å². The Hall–Kier alpha value is -1.16. The van der Waals surface area contributed by atoms with Gasteiger partial charge in [0.05, 0.1) is 12.7 Å². The summed E-state index contributed by atoms with van der Waals surface area (Å²) in [6.45, 7) is -0.234. The van der Waals surface area contributed by atoms with Crippen LogP contribution in [0.3, 0.4) is 0 Å². The van der Waals surface area contributed by atoms with Gasteiger partial charge in [0.15, 0.2) is 5.65 Å². The second-order valence-electron chi connectivity index (χ2n) is 2.60. The van der Waals surface area contributed by atoms with Crippen LogP contribution in [0.15, 0.2) is 18.3 Å². The predicted octanol–water partition coefficient (Wildman–Crippen LogP) is 2.05. The third-order valence-corrected chi connectivity index (χ3v) is 1.96. The normalized spacial score (nSPS) is 10.9. The summed E-state index contributed by atoms with van der Waals surface area (Å²) in [6, 6.07) is 3.50. The number of nitrogens with zero attached hydrogens (tertiary/aromatic N) is 3. The molecule has 2 aromatic rings. The molecule has 68 valence electrons. The van der Waals surface area contributed by atoms with Gasteiger partial charge in [-0.2, -0.15) is 5.10 Å². The molecule has 3 nitrogen and oxygen atoms in total. The smallest absolute Gasteiger partial charge is 0.159 e. The molecular formula is C8H7ClFN3. The zero-order valence-electron chi connectivity index (χ0n) is 6.74. The highest BCUT2D eigenvalue weighted by molar-refractivity contribution is 6.29. The fourth-order valence-electron chi connectivity index (χ4n) is 1.17. The largest absolute Gasteiger partial charge is 0.249 e. The Kier molecular flexibility index (Phi) is 2.14. The first-order valence-corrected chi connectivity index (χ1v) is 4.23. The summed E-state index contributed by atoms with van der Waals surface area (Å²) in [5.74, 6) is 0. The highest BCUT2D eigenvalue weighted by Crippen LogP contribution is 2.14. The van der Waals surface area contributed by atoms with Crippen LogP contribution in [0.25, 0.3) is 11.0 Å². The first-order valence-electron chi connectivity index (χ1n) is 3.85. The van der Waals surface area contributed by atoms with Crippen LogP contribution in [-0.2, 0) is 6.54 Å². The van der Waals surface area contributed by atoms with Gasteiger partial charge in [-0.25, -0.2) is 14.1 Å². The van der Waals surface area contributed by atoms with Crippen molar-refractivity contribution in [2.24, 2.45) is 0 Å². The monoisotopic (exact) mass is 199 g/mol. The fraction of sp³-hybridized carbons (Fsp3) is 0.250. The lowest BCUT2D eigenvalue weighted by atomic mass is 10.4. The molecule has 0 saturated carbocycles. The van der Waals surface area contributed by atoms with Crippen molar-refractivity contribution >= 4 is 22.6 Å². The molecule has 0 aromatic carbocycles. The van der Waals surface area contributed by atoms with Gasteiger partial charge in [-0.1, -0.05) is 11.6 Å². The van der Waals surface area contributed by atoms with Crippen molar-refractivity contribution in [3.05, 3.63) is 23.5 Å². The Morgan fingerprint density at radius 3 is 3.08 bits per heavy atom. The van der Waals surface area contributed by atoms with Gasteiger partial charge in [0, 0.05) is 5.39 Å². The molecule has 0 spiro atoms. The summed E-state index contributed by atoms with van der Waals surface area (Å²) in [6.07, 6.45) is 1.65. The average Bonchev–Trinajstić information content (AvgIpc) is 2.49. The van der Waals surface area contributed by atoms with Crippen molar-refractivity contribution in [1.82, 2.24) is 14.8 Å². The molecule has 13 heavy (non-hydrogen) atoms. The minimum Gasteiger partial charge on any atom is -0.249 e. The Morgan fingerprint density at radius 2 is 2.31 bits per heavy atom. The maximum Gasteiger partial charge on any atom is 0.159 e. The highest BCUT2D eigenvalue weighted by atomic mass is 35.5. The molecule has 0 fully saturated rings. The van der Waals surface area contributed by atoms with Crippen LogP contribution in [0.2, 0.25) is 5.15 Å². The summed E-state index contributed by atoms with van der Waals surface area (Å²) in [5.41, 5.74) is 0.630. The van der Waals surface area contributed by atoms with Gasteiger partial charge in [-0.15, -0.1) is 0 Å². The standard InChI is InChI=1S/C8H7ClFN3/c9-7-2-1-6-5-11-13(4-3-10)8(6)12-7/h1-2,5H,3-4H2. The maximum absolute atomic E-state index is 12.1. The van der Waals surface area contributed by atoms with E-state index >= 15 is 0 Å². The number of aryl methyl sites for hydroxylation is 1. The zero-order chi connectivity index (χ0) is 9.26. The molecule has 2 rings (SSSR count). The molecule has 0 unspecified atom stereocenters. The number of aromatic nitrogens is 3. The predicted molar refractivity (Wildman–Crippen MR) is 48.5 cm³/mol. The SMILES string of the molecule is FCCn1ncc2ccc(Cl)nc21.